The van der Waals surface area contributed by atoms with Crippen LogP contribution >= 0.6 is 11.6 Å². The number of aromatic nitrogens is 1. The summed E-state index contributed by atoms with van der Waals surface area (Å²) in [5.41, 5.74) is 0.814. The number of benzene rings is 1. The molecule has 0 radical (unpaired) electrons. The van der Waals surface area contributed by atoms with Crippen LogP contribution in [-0.2, 0) is 0 Å². The van der Waals surface area contributed by atoms with Gasteiger partial charge in [-0.3, -0.25) is 9.79 Å². The average molecular weight is 447 g/mol. The van der Waals surface area contributed by atoms with Gasteiger partial charge in [0.25, 0.3) is 5.91 Å². The van der Waals surface area contributed by atoms with Crippen LogP contribution in [0.1, 0.15) is 29.3 Å². The Labute approximate surface area is 187 Å². The Hall–Kier alpha value is -2.87. The van der Waals surface area contributed by atoms with Crippen molar-refractivity contribution < 1.29 is 9.18 Å². The van der Waals surface area contributed by atoms with Crippen molar-refractivity contribution in [2.45, 2.75) is 26.3 Å². The summed E-state index contributed by atoms with van der Waals surface area (Å²) in [7, 11) is 0. The number of halogens is 2. The minimum absolute atomic E-state index is 0.209. The van der Waals surface area contributed by atoms with E-state index in [0.29, 0.717) is 35.2 Å². The number of hydrogen-bond donors (Lipinski definition) is 3. The number of hydrogen-bond acceptors (Lipinski definition) is 4. The van der Waals surface area contributed by atoms with Crippen LogP contribution in [0.3, 0.4) is 0 Å². The first-order valence-corrected chi connectivity index (χ1v) is 10.8. The minimum Gasteiger partial charge on any atom is -0.357 e. The quantitative estimate of drug-likeness (QED) is 0.346. The lowest BCUT2D eigenvalue weighted by atomic mass is 10.1. The van der Waals surface area contributed by atoms with Gasteiger partial charge in [0, 0.05) is 44.0 Å². The number of anilines is 1. The van der Waals surface area contributed by atoms with Gasteiger partial charge in [0.1, 0.15) is 11.6 Å². The zero-order valence-electron chi connectivity index (χ0n) is 17.8. The Balaban J connectivity index is 1.49. The van der Waals surface area contributed by atoms with E-state index in [1.54, 1.807) is 25.3 Å². The van der Waals surface area contributed by atoms with Gasteiger partial charge in [-0.05, 0) is 50.1 Å². The van der Waals surface area contributed by atoms with Gasteiger partial charge < -0.3 is 20.9 Å². The second-order valence-electron chi connectivity index (χ2n) is 7.37. The SMILES string of the molecule is CCNC(=NCCNC(=O)c1ccc(C)c(F)c1)NC1CCN(c2ncccc2Cl)C1. The number of guanidine groups is 1. The molecule has 1 aliphatic rings. The summed E-state index contributed by atoms with van der Waals surface area (Å²) in [5, 5.41) is 10.1. The second-order valence-corrected chi connectivity index (χ2v) is 7.77. The molecule has 3 rings (SSSR count). The molecular formula is C22H28ClFN6O. The molecule has 0 aliphatic carbocycles. The van der Waals surface area contributed by atoms with Crippen molar-refractivity contribution in [3.05, 3.63) is 58.5 Å². The maximum absolute atomic E-state index is 13.6. The number of aryl methyl sites for hydroxylation is 1. The van der Waals surface area contributed by atoms with Gasteiger partial charge in [0.15, 0.2) is 5.96 Å². The molecule has 166 valence electrons. The summed E-state index contributed by atoms with van der Waals surface area (Å²) in [6.07, 6.45) is 2.68. The van der Waals surface area contributed by atoms with Gasteiger partial charge in [-0.25, -0.2) is 9.37 Å². The highest BCUT2D eigenvalue weighted by Crippen LogP contribution is 2.25. The van der Waals surface area contributed by atoms with Crippen molar-refractivity contribution in [3.63, 3.8) is 0 Å². The Kier molecular flexibility index (Phi) is 8.06. The molecule has 1 saturated heterocycles. The third-order valence-electron chi connectivity index (χ3n) is 5.01. The first kappa shape index (κ1) is 22.8. The smallest absolute Gasteiger partial charge is 0.251 e. The molecule has 1 atom stereocenters. The number of amides is 1. The summed E-state index contributed by atoms with van der Waals surface area (Å²) in [6, 6.07) is 8.33. The molecule has 0 saturated carbocycles. The van der Waals surface area contributed by atoms with E-state index in [1.165, 1.54) is 6.07 Å². The molecule has 1 fully saturated rings. The molecule has 2 heterocycles. The fourth-order valence-corrected chi connectivity index (χ4v) is 3.61. The topological polar surface area (TPSA) is 81.6 Å². The lowest BCUT2D eigenvalue weighted by Gasteiger charge is -2.20. The van der Waals surface area contributed by atoms with Gasteiger partial charge in [-0.1, -0.05) is 17.7 Å². The van der Waals surface area contributed by atoms with Crippen molar-refractivity contribution in [3.8, 4) is 0 Å². The largest absolute Gasteiger partial charge is 0.357 e. The molecule has 9 heteroatoms. The molecule has 7 nitrogen and oxygen atoms in total. The highest BCUT2D eigenvalue weighted by atomic mass is 35.5. The van der Waals surface area contributed by atoms with E-state index in [2.05, 4.69) is 30.8 Å². The number of nitrogens with zero attached hydrogens (tertiary/aromatic N) is 3. The molecule has 0 bridgehead atoms. The van der Waals surface area contributed by atoms with Crippen LogP contribution in [0, 0.1) is 12.7 Å². The Morgan fingerprint density at radius 3 is 2.94 bits per heavy atom. The summed E-state index contributed by atoms with van der Waals surface area (Å²) in [5.74, 6) is 0.787. The third-order valence-corrected chi connectivity index (χ3v) is 5.31. The number of pyridine rings is 1. The second kappa shape index (κ2) is 10.9. The van der Waals surface area contributed by atoms with Crippen molar-refractivity contribution in [2.75, 3.05) is 37.6 Å². The fourth-order valence-electron chi connectivity index (χ4n) is 3.37. The highest BCUT2D eigenvalue weighted by Gasteiger charge is 2.25. The molecule has 31 heavy (non-hydrogen) atoms. The van der Waals surface area contributed by atoms with E-state index in [0.717, 1.165) is 31.9 Å². The van der Waals surface area contributed by atoms with Gasteiger partial charge in [-0.2, -0.15) is 0 Å². The van der Waals surface area contributed by atoms with E-state index in [9.17, 15) is 9.18 Å². The van der Waals surface area contributed by atoms with Gasteiger partial charge in [-0.15, -0.1) is 0 Å². The number of carbonyl (C=O) groups excluding carboxylic acids is 1. The fraction of sp³-hybridized carbons (Fsp3) is 0.409. The van der Waals surface area contributed by atoms with Crippen LogP contribution in [0.2, 0.25) is 5.02 Å². The first-order chi connectivity index (χ1) is 15.0. The number of carbonyl (C=O) groups is 1. The normalized spacial score (nSPS) is 16.3. The van der Waals surface area contributed by atoms with Crippen LogP contribution in [-0.4, -0.2) is 55.6 Å². The average Bonchev–Trinajstić information content (AvgIpc) is 3.21. The zero-order valence-corrected chi connectivity index (χ0v) is 18.5. The number of aliphatic imine (C=N–C) groups is 1. The molecule has 1 aliphatic heterocycles. The molecule has 1 unspecified atom stereocenters. The van der Waals surface area contributed by atoms with E-state index in [4.69, 9.17) is 11.6 Å². The first-order valence-electron chi connectivity index (χ1n) is 10.4. The maximum Gasteiger partial charge on any atom is 0.251 e. The van der Waals surface area contributed by atoms with Crippen LogP contribution < -0.4 is 20.9 Å². The van der Waals surface area contributed by atoms with Crippen LogP contribution in [0.5, 0.6) is 0 Å². The Bertz CT molecular complexity index is 938. The molecule has 0 spiro atoms. The minimum atomic E-state index is -0.387. The van der Waals surface area contributed by atoms with Crippen LogP contribution in [0.15, 0.2) is 41.5 Å². The van der Waals surface area contributed by atoms with Crippen molar-refractivity contribution >= 4 is 29.3 Å². The molecule has 1 aromatic heterocycles. The lowest BCUT2D eigenvalue weighted by molar-refractivity contribution is 0.0954. The van der Waals surface area contributed by atoms with E-state index in [-0.39, 0.29) is 17.8 Å². The van der Waals surface area contributed by atoms with Gasteiger partial charge in [0.05, 0.1) is 11.6 Å². The lowest BCUT2D eigenvalue weighted by Crippen LogP contribution is -2.45. The van der Waals surface area contributed by atoms with Gasteiger partial charge >= 0.3 is 0 Å². The van der Waals surface area contributed by atoms with Crippen molar-refractivity contribution in [1.82, 2.24) is 20.9 Å². The molecule has 1 amide bonds. The molecule has 1 aromatic carbocycles. The predicted octanol–water partition coefficient (Wildman–Crippen LogP) is 2.75. The Morgan fingerprint density at radius 2 is 2.19 bits per heavy atom. The summed E-state index contributed by atoms with van der Waals surface area (Å²) >= 11 is 6.26. The van der Waals surface area contributed by atoms with Crippen LogP contribution in [0.25, 0.3) is 0 Å². The number of nitrogens with one attached hydrogen (secondary N) is 3. The molecule has 3 N–H and O–H groups in total. The third kappa shape index (κ3) is 6.30. The van der Waals surface area contributed by atoms with Crippen molar-refractivity contribution in [2.24, 2.45) is 4.99 Å². The number of rotatable bonds is 7. The summed E-state index contributed by atoms with van der Waals surface area (Å²) in [4.78, 5) is 23.2. The van der Waals surface area contributed by atoms with Crippen molar-refractivity contribution in [1.29, 1.82) is 0 Å². The van der Waals surface area contributed by atoms with Gasteiger partial charge in [0.2, 0.25) is 0 Å². The molecule has 2 aromatic rings. The monoisotopic (exact) mass is 446 g/mol. The van der Waals surface area contributed by atoms with E-state index >= 15 is 0 Å². The summed E-state index contributed by atoms with van der Waals surface area (Å²) < 4.78 is 13.6. The van der Waals surface area contributed by atoms with E-state index in [1.807, 2.05) is 19.1 Å². The predicted molar refractivity (Wildman–Crippen MR) is 122 cm³/mol. The molecular weight excluding hydrogens is 419 g/mol. The highest BCUT2D eigenvalue weighted by molar-refractivity contribution is 6.32. The standard InChI is InChI=1S/C22H28ClFN6O/c1-3-25-22(28-11-10-27-21(31)16-7-6-15(2)19(24)13-16)29-17-8-12-30(14-17)20-18(23)5-4-9-26-20/h4-7,9,13,17H,3,8,10-12,14H2,1-2H3,(H,27,31)(H2,25,28,29). The Morgan fingerprint density at radius 1 is 1.35 bits per heavy atom. The summed E-state index contributed by atoms with van der Waals surface area (Å²) in [6.45, 7) is 6.77. The maximum atomic E-state index is 13.6. The van der Waals surface area contributed by atoms with E-state index < -0.39 is 0 Å². The zero-order chi connectivity index (χ0) is 22.2. The van der Waals surface area contributed by atoms with Crippen LogP contribution in [0.4, 0.5) is 10.2 Å².